The van der Waals surface area contributed by atoms with Crippen LogP contribution in [0.3, 0.4) is 0 Å². The largest absolute Gasteiger partial charge is 0.494 e. The van der Waals surface area contributed by atoms with E-state index in [9.17, 15) is 13.9 Å². The van der Waals surface area contributed by atoms with Gasteiger partial charge in [-0.1, -0.05) is 42.5 Å². The Labute approximate surface area is 153 Å². The first-order chi connectivity index (χ1) is 12.1. The number of alkyl halides is 2. The molecule has 0 aromatic heterocycles. The van der Waals surface area contributed by atoms with Gasteiger partial charge in [-0.3, -0.25) is 0 Å². The van der Waals surface area contributed by atoms with Crippen LogP contribution in [0, 0.1) is 0 Å². The van der Waals surface area contributed by atoms with Gasteiger partial charge in [-0.15, -0.1) is 0 Å². The molecule has 0 saturated carbocycles. The molecule has 0 bridgehead atoms. The summed E-state index contributed by atoms with van der Waals surface area (Å²) in [5.41, 5.74) is 0.955. The van der Waals surface area contributed by atoms with E-state index < -0.39 is 30.8 Å². The fraction of sp³-hybridized carbons (Fsp3) is 0.400. The van der Waals surface area contributed by atoms with Crippen LogP contribution in [0.5, 0.6) is 0 Å². The standard InChI is InChI=1S/C20H23BF2O3/c1-19(2)20(3,4)26-21(25-19)16-10-8-13(9-11-16)17(24)14-6-5-7-15(12-14)18(22)23/h5-12,17-18,24H,1-4H3. The van der Waals surface area contributed by atoms with Crippen molar-refractivity contribution in [2.24, 2.45) is 0 Å². The number of aliphatic hydroxyl groups excluding tert-OH is 1. The number of benzene rings is 2. The topological polar surface area (TPSA) is 38.7 Å². The van der Waals surface area contributed by atoms with Crippen molar-refractivity contribution < 1.29 is 23.2 Å². The van der Waals surface area contributed by atoms with Crippen molar-refractivity contribution in [3.05, 3.63) is 65.2 Å². The summed E-state index contributed by atoms with van der Waals surface area (Å²) < 4.78 is 37.7. The monoisotopic (exact) mass is 360 g/mol. The van der Waals surface area contributed by atoms with E-state index in [1.54, 1.807) is 18.2 Å². The second-order valence-corrected chi connectivity index (χ2v) is 7.63. The third-order valence-corrected chi connectivity index (χ3v) is 5.26. The SMILES string of the molecule is CC1(C)OB(c2ccc(C(O)c3cccc(C(F)F)c3)cc2)OC1(C)C. The van der Waals surface area contributed by atoms with Crippen LogP contribution in [0.2, 0.25) is 0 Å². The lowest BCUT2D eigenvalue weighted by atomic mass is 9.78. The molecule has 26 heavy (non-hydrogen) atoms. The molecule has 1 aliphatic heterocycles. The number of hydrogen-bond donors (Lipinski definition) is 1. The van der Waals surface area contributed by atoms with Crippen LogP contribution in [0.25, 0.3) is 0 Å². The minimum atomic E-state index is -2.56. The highest BCUT2D eigenvalue weighted by atomic mass is 19.3. The highest BCUT2D eigenvalue weighted by Gasteiger charge is 2.51. The molecule has 1 atom stereocenters. The minimum absolute atomic E-state index is 0.101. The van der Waals surface area contributed by atoms with E-state index in [0.717, 1.165) is 5.46 Å². The first-order valence-corrected chi connectivity index (χ1v) is 8.62. The first-order valence-electron chi connectivity index (χ1n) is 8.62. The third kappa shape index (κ3) is 3.54. The van der Waals surface area contributed by atoms with Crippen molar-refractivity contribution in [1.82, 2.24) is 0 Å². The lowest BCUT2D eigenvalue weighted by Gasteiger charge is -2.32. The highest BCUT2D eigenvalue weighted by Crippen LogP contribution is 2.36. The molecule has 3 rings (SSSR count). The quantitative estimate of drug-likeness (QED) is 0.838. The lowest BCUT2D eigenvalue weighted by Crippen LogP contribution is -2.41. The summed E-state index contributed by atoms with van der Waals surface area (Å²) in [6.45, 7) is 7.95. The molecule has 0 amide bonds. The minimum Gasteiger partial charge on any atom is -0.399 e. The van der Waals surface area contributed by atoms with Crippen molar-refractivity contribution in [3.63, 3.8) is 0 Å². The van der Waals surface area contributed by atoms with Gasteiger partial charge in [0, 0.05) is 5.56 Å². The molecule has 1 N–H and O–H groups in total. The molecule has 3 nitrogen and oxygen atoms in total. The fourth-order valence-corrected chi connectivity index (χ4v) is 2.87. The van der Waals surface area contributed by atoms with Gasteiger partial charge in [-0.2, -0.15) is 0 Å². The van der Waals surface area contributed by atoms with E-state index in [1.165, 1.54) is 18.2 Å². The summed E-state index contributed by atoms with van der Waals surface area (Å²) >= 11 is 0. The second kappa shape index (κ2) is 6.76. The lowest BCUT2D eigenvalue weighted by molar-refractivity contribution is 0.00578. The zero-order valence-electron chi connectivity index (χ0n) is 15.4. The van der Waals surface area contributed by atoms with Crippen LogP contribution in [0.15, 0.2) is 48.5 Å². The summed E-state index contributed by atoms with van der Waals surface area (Å²) in [5.74, 6) is 0. The van der Waals surface area contributed by atoms with Crippen molar-refractivity contribution in [2.45, 2.75) is 51.4 Å². The Balaban J connectivity index is 1.79. The summed E-state index contributed by atoms with van der Waals surface area (Å²) in [6, 6.07) is 13.0. The maximum atomic E-state index is 12.9. The molecule has 1 fully saturated rings. The maximum absolute atomic E-state index is 12.9. The van der Waals surface area contributed by atoms with Crippen LogP contribution in [0.1, 0.15) is 56.9 Å². The van der Waals surface area contributed by atoms with E-state index in [1.807, 2.05) is 39.8 Å². The highest BCUT2D eigenvalue weighted by molar-refractivity contribution is 6.62. The molecule has 0 spiro atoms. The van der Waals surface area contributed by atoms with E-state index in [2.05, 4.69) is 0 Å². The third-order valence-electron chi connectivity index (χ3n) is 5.26. The van der Waals surface area contributed by atoms with Gasteiger partial charge in [0.25, 0.3) is 6.43 Å². The Morgan fingerprint density at radius 1 is 0.846 bits per heavy atom. The van der Waals surface area contributed by atoms with Crippen molar-refractivity contribution >= 4 is 12.6 Å². The predicted molar refractivity (Wildman–Crippen MR) is 97.6 cm³/mol. The summed E-state index contributed by atoms with van der Waals surface area (Å²) in [5, 5.41) is 10.5. The van der Waals surface area contributed by atoms with E-state index >= 15 is 0 Å². The first kappa shape index (κ1) is 19.0. The Kier molecular flexibility index (Phi) is 4.95. The smallest absolute Gasteiger partial charge is 0.399 e. The summed E-state index contributed by atoms with van der Waals surface area (Å²) in [4.78, 5) is 0. The molecule has 1 saturated heterocycles. The van der Waals surface area contributed by atoms with Gasteiger partial charge in [0.1, 0.15) is 6.10 Å². The van der Waals surface area contributed by atoms with Crippen molar-refractivity contribution in [3.8, 4) is 0 Å². The average molecular weight is 360 g/mol. The average Bonchev–Trinajstić information content (AvgIpc) is 2.82. The van der Waals surface area contributed by atoms with Gasteiger partial charge in [-0.05, 0) is 50.4 Å². The van der Waals surface area contributed by atoms with Gasteiger partial charge in [0.2, 0.25) is 0 Å². The van der Waals surface area contributed by atoms with Gasteiger partial charge in [-0.25, -0.2) is 8.78 Å². The summed E-state index contributed by atoms with van der Waals surface area (Å²) in [7, 11) is -0.478. The van der Waals surface area contributed by atoms with Gasteiger partial charge in [0.15, 0.2) is 0 Å². The maximum Gasteiger partial charge on any atom is 0.494 e. The molecule has 6 heteroatoms. The van der Waals surface area contributed by atoms with Crippen molar-refractivity contribution in [2.75, 3.05) is 0 Å². The van der Waals surface area contributed by atoms with Gasteiger partial charge < -0.3 is 14.4 Å². The van der Waals surface area contributed by atoms with Gasteiger partial charge in [0.05, 0.1) is 11.2 Å². The molecule has 1 heterocycles. The predicted octanol–water partition coefficient (Wildman–Crippen LogP) is 4.01. The van der Waals surface area contributed by atoms with E-state index in [4.69, 9.17) is 9.31 Å². The number of aliphatic hydroxyl groups is 1. The Morgan fingerprint density at radius 2 is 1.38 bits per heavy atom. The van der Waals surface area contributed by atoms with E-state index in [0.29, 0.717) is 11.1 Å². The molecular formula is C20H23BF2O3. The van der Waals surface area contributed by atoms with Crippen LogP contribution >= 0.6 is 0 Å². The van der Waals surface area contributed by atoms with Crippen LogP contribution in [-0.2, 0) is 9.31 Å². The Hall–Kier alpha value is -1.76. The van der Waals surface area contributed by atoms with Crippen molar-refractivity contribution in [1.29, 1.82) is 0 Å². The van der Waals surface area contributed by atoms with Crippen LogP contribution in [0.4, 0.5) is 8.78 Å². The second-order valence-electron chi connectivity index (χ2n) is 7.63. The number of rotatable bonds is 4. The molecule has 0 radical (unpaired) electrons. The fourth-order valence-electron chi connectivity index (χ4n) is 2.87. The van der Waals surface area contributed by atoms with E-state index in [-0.39, 0.29) is 5.56 Å². The molecule has 1 unspecified atom stereocenters. The number of hydrogen-bond acceptors (Lipinski definition) is 3. The molecule has 2 aromatic carbocycles. The molecule has 1 aliphatic rings. The van der Waals surface area contributed by atoms with Gasteiger partial charge >= 0.3 is 7.12 Å². The zero-order valence-corrected chi connectivity index (χ0v) is 15.4. The molecule has 0 aliphatic carbocycles. The molecular weight excluding hydrogens is 337 g/mol. The molecule has 138 valence electrons. The Bertz CT molecular complexity index is 759. The number of halogens is 2. The molecule has 2 aromatic rings. The van der Waals surface area contributed by atoms with Crippen LogP contribution in [-0.4, -0.2) is 23.4 Å². The van der Waals surface area contributed by atoms with Crippen LogP contribution < -0.4 is 5.46 Å². The Morgan fingerprint density at radius 3 is 1.92 bits per heavy atom. The zero-order chi connectivity index (χ0) is 19.1. The normalized spacial score (nSPS) is 19.8. The summed E-state index contributed by atoms with van der Waals surface area (Å²) in [6.07, 6.45) is -3.53.